The van der Waals surface area contributed by atoms with Crippen LogP contribution in [0.3, 0.4) is 0 Å². The van der Waals surface area contributed by atoms with E-state index in [1.807, 2.05) is 31.2 Å². The Hall–Kier alpha value is -3.61. The van der Waals surface area contributed by atoms with E-state index in [1.54, 1.807) is 12.2 Å². The Labute approximate surface area is 199 Å². The van der Waals surface area contributed by atoms with Gasteiger partial charge >= 0.3 is 12.1 Å². The van der Waals surface area contributed by atoms with Crippen molar-refractivity contribution < 1.29 is 24.2 Å². The summed E-state index contributed by atoms with van der Waals surface area (Å²) in [6.07, 6.45) is 5.08. The number of ether oxygens (including phenoxy) is 1. The van der Waals surface area contributed by atoms with Crippen LogP contribution in [0.25, 0.3) is 11.1 Å². The van der Waals surface area contributed by atoms with Crippen molar-refractivity contribution in [1.82, 2.24) is 10.6 Å². The molecule has 34 heavy (non-hydrogen) atoms. The number of benzene rings is 2. The zero-order valence-corrected chi connectivity index (χ0v) is 19.2. The molecule has 0 aromatic heterocycles. The summed E-state index contributed by atoms with van der Waals surface area (Å²) in [7, 11) is 0. The van der Waals surface area contributed by atoms with Crippen molar-refractivity contribution >= 4 is 18.0 Å². The zero-order chi connectivity index (χ0) is 24.1. The Morgan fingerprint density at radius 3 is 2.26 bits per heavy atom. The third kappa shape index (κ3) is 5.14. The number of carbonyl (C=O) groups is 3. The van der Waals surface area contributed by atoms with Crippen LogP contribution in [0.1, 0.15) is 49.7 Å². The smallest absolute Gasteiger partial charge is 0.407 e. The molecule has 0 radical (unpaired) electrons. The van der Waals surface area contributed by atoms with Gasteiger partial charge in [-0.3, -0.25) is 9.59 Å². The quantitative estimate of drug-likeness (QED) is 0.484. The molecule has 3 atom stereocenters. The standard InChI is InChI=1S/C27H30N2O5/c1-2-3-12-24(25(30)28-18-14-13-17(15-18)26(31)32)29-27(33)34-16-23-21-10-6-4-8-19(21)20-9-5-7-11-22(20)23/h4-11,13-14,17-18,23-24H,2-3,12,15-16H2,1H3,(H,28,30)(H,29,33)(H,31,32). The number of hydrogen-bond donors (Lipinski definition) is 3. The lowest BCUT2D eigenvalue weighted by atomic mass is 9.98. The molecule has 0 fully saturated rings. The van der Waals surface area contributed by atoms with Crippen LogP contribution in [0.5, 0.6) is 0 Å². The van der Waals surface area contributed by atoms with E-state index < -0.39 is 24.0 Å². The maximum absolute atomic E-state index is 12.8. The second-order valence-electron chi connectivity index (χ2n) is 8.85. The number of carboxylic acid groups (broad SMARTS) is 1. The zero-order valence-electron chi connectivity index (χ0n) is 19.2. The van der Waals surface area contributed by atoms with Crippen LogP contribution < -0.4 is 10.6 Å². The molecule has 2 aromatic carbocycles. The van der Waals surface area contributed by atoms with Crippen molar-refractivity contribution in [2.24, 2.45) is 5.92 Å². The molecule has 0 saturated carbocycles. The van der Waals surface area contributed by atoms with E-state index in [1.165, 1.54) is 0 Å². The Kier molecular flexibility index (Phi) is 7.30. The molecule has 0 saturated heterocycles. The van der Waals surface area contributed by atoms with Gasteiger partial charge in [-0.15, -0.1) is 0 Å². The molecular weight excluding hydrogens is 432 g/mol. The molecule has 7 heteroatoms. The minimum Gasteiger partial charge on any atom is -0.481 e. The van der Waals surface area contributed by atoms with Crippen LogP contribution in [-0.2, 0) is 14.3 Å². The molecule has 2 aliphatic rings. The molecule has 7 nitrogen and oxygen atoms in total. The molecular formula is C27H30N2O5. The number of carbonyl (C=O) groups excluding carboxylic acids is 2. The highest BCUT2D eigenvalue weighted by molar-refractivity contribution is 5.86. The summed E-state index contributed by atoms with van der Waals surface area (Å²) in [5, 5.41) is 14.7. The molecule has 2 aliphatic carbocycles. The van der Waals surface area contributed by atoms with Crippen molar-refractivity contribution in [3.63, 3.8) is 0 Å². The van der Waals surface area contributed by atoms with Gasteiger partial charge in [-0.05, 0) is 35.1 Å². The monoisotopic (exact) mass is 462 g/mol. The summed E-state index contributed by atoms with van der Waals surface area (Å²) in [6, 6.07) is 15.1. The fraction of sp³-hybridized carbons (Fsp3) is 0.370. The third-order valence-electron chi connectivity index (χ3n) is 6.53. The molecule has 2 amide bonds. The van der Waals surface area contributed by atoms with E-state index in [2.05, 4.69) is 34.9 Å². The molecule has 0 bridgehead atoms. The second kappa shape index (κ2) is 10.5. The summed E-state index contributed by atoms with van der Waals surface area (Å²) < 4.78 is 5.60. The molecule has 0 heterocycles. The van der Waals surface area contributed by atoms with Gasteiger partial charge in [0.05, 0.1) is 5.92 Å². The Balaban J connectivity index is 1.37. The van der Waals surface area contributed by atoms with Gasteiger partial charge in [0.2, 0.25) is 5.91 Å². The molecule has 2 aromatic rings. The van der Waals surface area contributed by atoms with Gasteiger partial charge in [-0.2, -0.15) is 0 Å². The normalized spacial score (nSPS) is 19.2. The van der Waals surface area contributed by atoms with E-state index in [9.17, 15) is 14.4 Å². The predicted molar refractivity (Wildman–Crippen MR) is 128 cm³/mol. The number of alkyl carbamates (subject to hydrolysis) is 1. The number of nitrogens with one attached hydrogen (secondary N) is 2. The van der Waals surface area contributed by atoms with Crippen molar-refractivity contribution in [3.8, 4) is 11.1 Å². The largest absolute Gasteiger partial charge is 0.481 e. The number of rotatable bonds is 9. The van der Waals surface area contributed by atoms with Crippen LogP contribution >= 0.6 is 0 Å². The first-order valence-electron chi connectivity index (χ1n) is 11.8. The first kappa shape index (κ1) is 23.5. The van der Waals surface area contributed by atoms with Gasteiger partial charge in [-0.1, -0.05) is 80.4 Å². The van der Waals surface area contributed by atoms with Crippen molar-refractivity contribution in [1.29, 1.82) is 0 Å². The van der Waals surface area contributed by atoms with E-state index >= 15 is 0 Å². The molecule has 3 unspecified atom stereocenters. The third-order valence-corrected chi connectivity index (χ3v) is 6.53. The van der Waals surface area contributed by atoms with Gasteiger partial charge in [0.1, 0.15) is 12.6 Å². The lowest BCUT2D eigenvalue weighted by Crippen LogP contribution is -2.49. The molecule has 178 valence electrons. The van der Waals surface area contributed by atoms with Gasteiger partial charge < -0.3 is 20.5 Å². The Bertz CT molecular complexity index is 1050. The fourth-order valence-corrected chi connectivity index (χ4v) is 4.73. The maximum atomic E-state index is 12.8. The summed E-state index contributed by atoms with van der Waals surface area (Å²) in [4.78, 5) is 36.7. The molecule has 3 N–H and O–H groups in total. The highest BCUT2D eigenvalue weighted by atomic mass is 16.5. The molecule has 0 spiro atoms. The lowest BCUT2D eigenvalue weighted by molar-refractivity contribution is -0.140. The highest BCUT2D eigenvalue weighted by Crippen LogP contribution is 2.44. The molecule has 0 aliphatic heterocycles. The van der Waals surface area contributed by atoms with Crippen molar-refractivity contribution in [2.75, 3.05) is 6.61 Å². The number of carboxylic acids is 1. The predicted octanol–water partition coefficient (Wildman–Crippen LogP) is 4.23. The van der Waals surface area contributed by atoms with E-state index in [0.29, 0.717) is 12.8 Å². The average molecular weight is 463 g/mol. The first-order valence-corrected chi connectivity index (χ1v) is 11.8. The highest BCUT2D eigenvalue weighted by Gasteiger charge is 2.31. The maximum Gasteiger partial charge on any atom is 0.407 e. The van der Waals surface area contributed by atoms with Crippen LogP contribution in [0.4, 0.5) is 4.79 Å². The van der Waals surface area contributed by atoms with Crippen LogP contribution in [0, 0.1) is 5.92 Å². The minimum atomic E-state index is -0.910. The van der Waals surface area contributed by atoms with Gasteiger partial charge in [-0.25, -0.2) is 4.79 Å². The second-order valence-corrected chi connectivity index (χ2v) is 8.85. The summed E-state index contributed by atoms with van der Waals surface area (Å²) in [6.45, 7) is 2.19. The van der Waals surface area contributed by atoms with Gasteiger partial charge in [0.25, 0.3) is 0 Å². The van der Waals surface area contributed by atoms with Crippen molar-refractivity contribution in [3.05, 3.63) is 71.8 Å². The van der Waals surface area contributed by atoms with E-state index in [-0.39, 0.29) is 24.5 Å². The first-order chi connectivity index (χ1) is 16.5. The number of unbranched alkanes of at least 4 members (excludes halogenated alkanes) is 1. The Morgan fingerprint density at radius 2 is 1.68 bits per heavy atom. The summed E-state index contributed by atoms with van der Waals surface area (Å²) >= 11 is 0. The number of aliphatic carboxylic acids is 1. The van der Waals surface area contributed by atoms with Crippen LogP contribution in [0.15, 0.2) is 60.7 Å². The fourth-order valence-electron chi connectivity index (χ4n) is 4.73. The topological polar surface area (TPSA) is 105 Å². The van der Waals surface area contributed by atoms with Crippen LogP contribution in [-0.4, -0.2) is 41.8 Å². The summed E-state index contributed by atoms with van der Waals surface area (Å²) in [5.74, 6) is -1.90. The lowest BCUT2D eigenvalue weighted by Gasteiger charge is -2.21. The van der Waals surface area contributed by atoms with Gasteiger partial charge in [0, 0.05) is 12.0 Å². The van der Waals surface area contributed by atoms with Crippen molar-refractivity contribution in [2.45, 2.75) is 50.6 Å². The number of hydrogen-bond acceptors (Lipinski definition) is 4. The average Bonchev–Trinajstić information content (AvgIpc) is 3.43. The molecule has 4 rings (SSSR count). The number of fused-ring (bicyclic) bond motifs is 3. The van der Waals surface area contributed by atoms with Gasteiger partial charge in [0.15, 0.2) is 0 Å². The number of amides is 2. The van der Waals surface area contributed by atoms with E-state index in [0.717, 1.165) is 35.1 Å². The minimum absolute atomic E-state index is 0.0577. The Morgan fingerprint density at radius 1 is 1.03 bits per heavy atom. The van der Waals surface area contributed by atoms with Crippen LogP contribution in [0.2, 0.25) is 0 Å². The summed E-state index contributed by atoms with van der Waals surface area (Å²) in [5.41, 5.74) is 4.55. The van der Waals surface area contributed by atoms with E-state index in [4.69, 9.17) is 9.84 Å². The SMILES string of the molecule is CCCCC(NC(=O)OCC1c2ccccc2-c2ccccc21)C(=O)NC1C=CC(C(=O)O)C1.